The second-order valence-electron chi connectivity index (χ2n) is 5.33. The minimum absolute atomic E-state index is 0.395. The van der Waals surface area contributed by atoms with E-state index < -0.39 is 11.8 Å². The Morgan fingerprint density at radius 3 is 2.86 bits per heavy atom. The second-order valence-corrected chi connectivity index (χ2v) is 6.36. The van der Waals surface area contributed by atoms with Gasteiger partial charge in [0.25, 0.3) is 0 Å². The summed E-state index contributed by atoms with van der Waals surface area (Å²) in [4.78, 5) is 27.6. The molecule has 0 aliphatic rings. The summed E-state index contributed by atoms with van der Waals surface area (Å²) in [7, 11) is 0. The van der Waals surface area contributed by atoms with Gasteiger partial charge in [-0.05, 0) is 37.0 Å². The van der Waals surface area contributed by atoms with Crippen LogP contribution in [0.1, 0.15) is 25.8 Å². The van der Waals surface area contributed by atoms with Crippen LogP contribution < -0.4 is 10.7 Å². The van der Waals surface area contributed by atoms with Gasteiger partial charge in [0.05, 0.1) is 10.2 Å². The van der Waals surface area contributed by atoms with Crippen molar-refractivity contribution < 1.29 is 9.59 Å². The summed E-state index contributed by atoms with van der Waals surface area (Å²) in [5.41, 5.74) is 4.11. The van der Waals surface area contributed by atoms with Gasteiger partial charge >= 0.3 is 11.8 Å². The van der Waals surface area contributed by atoms with Crippen LogP contribution in [-0.2, 0) is 9.59 Å². The number of hydrogen-bond acceptors (Lipinski definition) is 5. The maximum atomic E-state index is 11.8. The molecule has 0 atom stereocenters. The number of thiazole rings is 1. The van der Waals surface area contributed by atoms with Gasteiger partial charge in [-0.2, -0.15) is 5.10 Å². The number of amides is 2. The molecule has 2 aromatic rings. The van der Waals surface area contributed by atoms with E-state index in [0.29, 0.717) is 11.0 Å². The van der Waals surface area contributed by atoms with Gasteiger partial charge < -0.3 is 0 Å². The first kappa shape index (κ1) is 16.1. The van der Waals surface area contributed by atoms with Crippen molar-refractivity contribution in [3.05, 3.63) is 23.8 Å². The lowest BCUT2D eigenvalue weighted by molar-refractivity contribution is -0.136. The lowest BCUT2D eigenvalue weighted by Gasteiger charge is -2.00. The zero-order chi connectivity index (χ0) is 16.1. The quantitative estimate of drug-likeness (QED) is 0.516. The minimum Gasteiger partial charge on any atom is -0.294 e. The van der Waals surface area contributed by atoms with Crippen molar-refractivity contribution in [1.82, 2.24) is 10.4 Å². The number of hydrazone groups is 1. The lowest BCUT2D eigenvalue weighted by atomic mass is 10.2. The molecule has 6 nitrogen and oxygen atoms in total. The molecule has 1 heterocycles. The van der Waals surface area contributed by atoms with E-state index >= 15 is 0 Å². The van der Waals surface area contributed by atoms with Gasteiger partial charge in [0.1, 0.15) is 0 Å². The Hall–Kier alpha value is -2.28. The molecule has 0 bridgehead atoms. The van der Waals surface area contributed by atoms with Crippen molar-refractivity contribution in [2.24, 2.45) is 11.0 Å². The fourth-order valence-electron chi connectivity index (χ4n) is 1.66. The Bertz CT molecular complexity index is 721. The monoisotopic (exact) mass is 318 g/mol. The highest BCUT2D eigenvalue weighted by Crippen LogP contribution is 2.26. The predicted octanol–water partition coefficient (Wildman–Crippen LogP) is 2.69. The van der Waals surface area contributed by atoms with E-state index in [4.69, 9.17) is 0 Å². The first-order valence-corrected chi connectivity index (χ1v) is 7.77. The standard InChI is InChI=1S/C15H18N4O2S/c1-9(2)6-7-16-19-14(21)13(20)18-15-17-11-5-4-10(3)8-12(11)22-15/h4-5,7-9H,6H2,1-3H3,(H,19,21)(H,17,18,20)/b16-7+. The number of hydrogen-bond donors (Lipinski definition) is 2. The average Bonchev–Trinajstić information content (AvgIpc) is 2.84. The van der Waals surface area contributed by atoms with Crippen LogP contribution in [0.3, 0.4) is 0 Å². The molecule has 2 N–H and O–H groups in total. The fourth-order valence-corrected chi connectivity index (χ4v) is 2.62. The maximum absolute atomic E-state index is 11.8. The van der Waals surface area contributed by atoms with Gasteiger partial charge in [-0.25, -0.2) is 10.4 Å². The third-order valence-corrected chi connectivity index (χ3v) is 3.74. The van der Waals surface area contributed by atoms with E-state index in [-0.39, 0.29) is 0 Å². The number of carbonyl (C=O) groups is 2. The molecule has 0 spiro atoms. The predicted molar refractivity (Wildman–Crippen MR) is 89.1 cm³/mol. The van der Waals surface area contributed by atoms with E-state index in [2.05, 4.69) is 20.8 Å². The number of nitrogens with one attached hydrogen (secondary N) is 2. The molecule has 0 aliphatic carbocycles. The topological polar surface area (TPSA) is 83.5 Å². The van der Waals surface area contributed by atoms with Gasteiger partial charge in [-0.3, -0.25) is 14.9 Å². The summed E-state index contributed by atoms with van der Waals surface area (Å²) in [5, 5.41) is 6.60. The van der Waals surface area contributed by atoms with Crippen molar-refractivity contribution in [1.29, 1.82) is 0 Å². The van der Waals surface area contributed by atoms with Crippen molar-refractivity contribution >= 4 is 44.7 Å². The summed E-state index contributed by atoms with van der Waals surface area (Å²) in [6.45, 7) is 6.06. The lowest BCUT2D eigenvalue weighted by Crippen LogP contribution is -2.32. The molecule has 22 heavy (non-hydrogen) atoms. The molecular formula is C15H18N4O2S. The third-order valence-electron chi connectivity index (χ3n) is 2.80. The molecule has 0 saturated carbocycles. The van der Waals surface area contributed by atoms with Crippen LogP contribution in [0.4, 0.5) is 5.13 Å². The number of rotatable bonds is 4. The summed E-state index contributed by atoms with van der Waals surface area (Å²) in [6.07, 6.45) is 2.31. The van der Waals surface area contributed by atoms with Crippen LogP contribution in [0.15, 0.2) is 23.3 Å². The van der Waals surface area contributed by atoms with E-state index in [1.807, 2.05) is 39.0 Å². The first-order valence-electron chi connectivity index (χ1n) is 6.95. The minimum atomic E-state index is -0.810. The number of anilines is 1. The third kappa shape index (κ3) is 4.36. The smallest absolute Gasteiger partial charge is 0.294 e. The van der Waals surface area contributed by atoms with Crippen LogP contribution in [0.2, 0.25) is 0 Å². The Morgan fingerprint density at radius 2 is 2.14 bits per heavy atom. The van der Waals surface area contributed by atoms with Crippen LogP contribution in [0.5, 0.6) is 0 Å². The number of fused-ring (bicyclic) bond motifs is 1. The van der Waals surface area contributed by atoms with E-state index in [9.17, 15) is 9.59 Å². The Labute approximate surface area is 132 Å². The maximum Gasteiger partial charge on any atom is 0.329 e. The summed E-state index contributed by atoms with van der Waals surface area (Å²) in [6, 6.07) is 5.82. The van der Waals surface area contributed by atoms with Gasteiger partial charge in [0.2, 0.25) is 0 Å². The highest BCUT2D eigenvalue weighted by Gasteiger charge is 2.15. The molecule has 116 valence electrons. The van der Waals surface area contributed by atoms with E-state index in [1.54, 1.807) is 6.21 Å². The van der Waals surface area contributed by atoms with Gasteiger partial charge in [0.15, 0.2) is 5.13 Å². The molecule has 7 heteroatoms. The summed E-state index contributed by atoms with van der Waals surface area (Å²) >= 11 is 1.33. The Kier molecular flexibility index (Phi) is 5.21. The van der Waals surface area contributed by atoms with Crippen molar-refractivity contribution in [3.63, 3.8) is 0 Å². The highest BCUT2D eigenvalue weighted by atomic mass is 32.1. The summed E-state index contributed by atoms with van der Waals surface area (Å²) in [5.74, 6) is -1.14. The van der Waals surface area contributed by atoms with Gasteiger partial charge in [-0.1, -0.05) is 31.3 Å². The normalized spacial score (nSPS) is 11.3. The summed E-state index contributed by atoms with van der Waals surface area (Å²) < 4.78 is 0.964. The molecular weight excluding hydrogens is 300 g/mol. The van der Waals surface area contributed by atoms with Crippen LogP contribution in [-0.4, -0.2) is 23.0 Å². The second kappa shape index (κ2) is 7.13. The van der Waals surface area contributed by atoms with Gasteiger partial charge in [-0.15, -0.1) is 0 Å². The molecule has 1 aromatic carbocycles. The zero-order valence-corrected chi connectivity index (χ0v) is 13.5. The average molecular weight is 318 g/mol. The number of aryl methyl sites for hydroxylation is 1. The van der Waals surface area contributed by atoms with Crippen LogP contribution in [0.25, 0.3) is 10.2 Å². The van der Waals surface area contributed by atoms with Gasteiger partial charge in [0, 0.05) is 6.21 Å². The molecule has 2 rings (SSSR count). The number of carbonyl (C=O) groups excluding carboxylic acids is 2. The Balaban J connectivity index is 1.95. The highest BCUT2D eigenvalue weighted by molar-refractivity contribution is 7.22. The van der Waals surface area contributed by atoms with Crippen molar-refractivity contribution in [2.75, 3.05) is 5.32 Å². The molecule has 2 amide bonds. The largest absolute Gasteiger partial charge is 0.329 e. The Morgan fingerprint density at radius 1 is 1.36 bits per heavy atom. The first-order chi connectivity index (χ1) is 10.5. The van der Waals surface area contributed by atoms with Crippen molar-refractivity contribution in [2.45, 2.75) is 27.2 Å². The van der Waals surface area contributed by atoms with E-state index in [0.717, 1.165) is 22.2 Å². The molecule has 0 radical (unpaired) electrons. The molecule has 1 aromatic heterocycles. The van der Waals surface area contributed by atoms with Crippen LogP contribution >= 0.6 is 11.3 Å². The zero-order valence-electron chi connectivity index (χ0n) is 12.7. The number of aromatic nitrogens is 1. The molecule has 0 unspecified atom stereocenters. The van der Waals surface area contributed by atoms with E-state index in [1.165, 1.54) is 11.3 Å². The SMILES string of the molecule is Cc1ccc2nc(NC(=O)C(=O)N/N=C/CC(C)C)sc2c1. The van der Waals surface area contributed by atoms with Crippen LogP contribution in [0, 0.1) is 12.8 Å². The fraction of sp³-hybridized carbons (Fsp3) is 0.333. The molecule has 0 fully saturated rings. The molecule has 0 aliphatic heterocycles. The number of benzene rings is 1. The molecule has 0 saturated heterocycles. The number of nitrogens with zero attached hydrogens (tertiary/aromatic N) is 2. The van der Waals surface area contributed by atoms with Crippen molar-refractivity contribution in [3.8, 4) is 0 Å².